The highest BCUT2D eigenvalue weighted by atomic mass is 19.1. The first-order valence-electron chi connectivity index (χ1n) is 6.61. The molecule has 5 nitrogen and oxygen atoms in total. The standard InChI is InChI=1S/C15H15FN4O/c1-10-3-6-15(21-10)11(2)19-12-4-5-14(13(16)7-12)20-9-17-8-18-20/h3-9,11,19H,1-2H3. The van der Waals surface area contributed by atoms with Crippen LogP contribution in [0.15, 0.2) is 47.4 Å². The molecule has 1 unspecified atom stereocenters. The van der Waals surface area contributed by atoms with Crippen LogP contribution in [0.25, 0.3) is 5.69 Å². The fourth-order valence-electron chi connectivity index (χ4n) is 2.12. The fourth-order valence-corrected chi connectivity index (χ4v) is 2.12. The molecular weight excluding hydrogens is 271 g/mol. The number of anilines is 1. The van der Waals surface area contributed by atoms with E-state index in [0.29, 0.717) is 11.4 Å². The second kappa shape index (κ2) is 5.40. The van der Waals surface area contributed by atoms with Gasteiger partial charge in [0.25, 0.3) is 0 Å². The topological polar surface area (TPSA) is 55.9 Å². The Kier molecular flexibility index (Phi) is 3.43. The molecule has 0 aliphatic rings. The van der Waals surface area contributed by atoms with Gasteiger partial charge in [0.15, 0.2) is 5.82 Å². The van der Waals surface area contributed by atoms with E-state index in [-0.39, 0.29) is 11.9 Å². The highest BCUT2D eigenvalue weighted by Gasteiger charge is 2.11. The molecule has 0 aliphatic heterocycles. The van der Waals surface area contributed by atoms with Gasteiger partial charge >= 0.3 is 0 Å². The molecule has 108 valence electrons. The van der Waals surface area contributed by atoms with Crippen LogP contribution in [0, 0.1) is 12.7 Å². The second-order valence-corrected chi connectivity index (χ2v) is 4.82. The van der Waals surface area contributed by atoms with Crippen molar-refractivity contribution in [3.63, 3.8) is 0 Å². The summed E-state index contributed by atoms with van der Waals surface area (Å²) in [6.07, 6.45) is 2.83. The van der Waals surface area contributed by atoms with Crippen molar-refractivity contribution >= 4 is 5.69 Å². The first-order valence-corrected chi connectivity index (χ1v) is 6.61. The van der Waals surface area contributed by atoms with Crippen LogP contribution in [-0.4, -0.2) is 14.8 Å². The van der Waals surface area contributed by atoms with Crippen LogP contribution < -0.4 is 5.32 Å². The summed E-state index contributed by atoms with van der Waals surface area (Å²) >= 11 is 0. The highest BCUT2D eigenvalue weighted by molar-refractivity contribution is 5.50. The average Bonchev–Trinajstić information content (AvgIpc) is 3.10. The van der Waals surface area contributed by atoms with Gasteiger partial charge in [0, 0.05) is 5.69 Å². The molecule has 1 N–H and O–H groups in total. The van der Waals surface area contributed by atoms with Gasteiger partial charge < -0.3 is 9.73 Å². The SMILES string of the molecule is Cc1ccc(C(C)Nc2ccc(-n3cncn3)c(F)c2)o1. The summed E-state index contributed by atoms with van der Waals surface area (Å²) in [5.74, 6) is 1.30. The van der Waals surface area contributed by atoms with Crippen molar-refractivity contribution in [3.05, 3.63) is 60.3 Å². The Morgan fingerprint density at radius 1 is 1.29 bits per heavy atom. The predicted octanol–water partition coefficient (Wildman–Crippen LogP) is 3.48. The first kappa shape index (κ1) is 13.4. The summed E-state index contributed by atoms with van der Waals surface area (Å²) in [7, 11) is 0. The molecule has 0 aliphatic carbocycles. The van der Waals surface area contributed by atoms with Crippen molar-refractivity contribution in [2.24, 2.45) is 0 Å². The number of aromatic nitrogens is 3. The third kappa shape index (κ3) is 2.79. The molecule has 6 heteroatoms. The van der Waals surface area contributed by atoms with Gasteiger partial charge in [-0.2, -0.15) is 5.10 Å². The molecule has 0 amide bonds. The molecule has 0 spiro atoms. The summed E-state index contributed by atoms with van der Waals surface area (Å²) in [5, 5.41) is 7.12. The summed E-state index contributed by atoms with van der Waals surface area (Å²) < 4.78 is 21.1. The summed E-state index contributed by atoms with van der Waals surface area (Å²) in [6.45, 7) is 3.85. The van der Waals surface area contributed by atoms with Gasteiger partial charge in [0.2, 0.25) is 0 Å². The highest BCUT2D eigenvalue weighted by Crippen LogP contribution is 2.23. The number of furan rings is 1. The van der Waals surface area contributed by atoms with E-state index in [9.17, 15) is 4.39 Å². The van der Waals surface area contributed by atoms with E-state index in [4.69, 9.17) is 4.42 Å². The van der Waals surface area contributed by atoms with Gasteiger partial charge in [-0.1, -0.05) is 0 Å². The minimum Gasteiger partial charge on any atom is -0.464 e. The number of benzene rings is 1. The van der Waals surface area contributed by atoms with Crippen molar-refractivity contribution in [2.45, 2.75) is 19.9 Å². The van der Waals surface area contributed by atoms with Crippen LogP contribution in [0.3, 0.4) is 0 Å². The zero-order valence-electron chi connectivity index (χ0n) is 11.7. The molecule has 1 atom stereocenters. The van der Waals surface area contributed by atoms with Crippen molar-refractivity contribution in [1.82, 2.24) is 14.8 Å². The lowest BCUT2D eigenvalue weighted by Crippen LogP contribution is -2.06. The van der Waals surface area contributed by atoms with E-state index in [2.05, 4.69) is 15.4 Å². The first-order chi connectivity index (χ1) is 10.1. The van der Waals surface area contributed by atoms with Crippen LogP contribution in [0.4, 0.5) is 10.1 Å². The van der Waals surface area contributed by atoms with Crippen molar-refractivity contribution in [3.8, 4) is 5.69 Å². The van der Waals surface area contributed by atoms with Crippen molar-refractivity contribution in [2.75, 3.05) is 5.32 Å². The molecule has 2 heterocycles. The van der Waals surface area contributed by atoms with Crippen LogP contribution >= 0.6 is 0 Å². The quantitative estimate of drug-likeness (QED) is 0.797. The minimum atomic E-state index is -0.367. The molecule has 0 saturated carbocycles. The third-order valence-corrected chi connectivity index (χ3v) is 3.18. The molecule has 3 aromatic rings. The predicted molar refractivity (Wildman–Crippen MR) is 76.8 cm³/mol. The van der Waals surface area contributed by atoms with Gasteiger partial charge in [-0.05, 0) is 44.2 Å². The Balaban J connectivity index is 1.79. The maximum atomic E-state index is 14.1. The summed E-state index contributed by atoms with van der Waals surface area (Å²) in [4.78, 5) is 3.81. The average molecular weight is 286 g/mol. The lowest BCUT2D eigenvalue weighted by molar-refractivity contribution is 0.467. The Morgan fingerprint density at radius 2 is 2.14 bits per heavy atom. The van der Waals surface area contributed by atoms with Crippen molar-refractivity contribution < 1.29 is 8.81 Å². The Bertz CT molecular complexity index is 736. The smallest absolute Gasteiger partial charge is 0.150 e. The number of nitrogens with one attached hydrogen (secondary N) is 1. The van der Waals surface area contributed by atoms with Gasteiger partial charge in [0.1, 0.15) is 29.9 Å². The molecule has 0 bridgehead atoms. The largest absolute Gasteiger partial charge is 0.464 e. The Labute approximate surface area is 121 Å². The van der Waals surface area contributed by atoms with E-state index in [1.54, 1.807) is 12.1 Å². The van der Waals surface area contributed by atoms with E-state index < -0.39 is 0 Å². The number of halogens is 1. The van der Waals surface area contributed by atoms with E-state index in [1.807, 2.05) is 26.0 Å². The van der Waals surface area contributed by atoms with Crippen LogP contribution in [0.1, 0.15) is 24.5 Å². The molecule has 0 saturated heterocycles. The summed E-state index contributed by atoms with van der Waals surface area (Å²) in [5.41, 5.74) is 1.04. The van der Waals surface area contributed by atoms with Crippen LogP contribution in [0.2, 0.25) is 0 Å². The lowest BCUT2D eigenvalue weighted by Gasteiger charge is -2.14. The van der Waals surface area contributed by atoms with E-state index in [0.717, 1.165) is 11.5 Å². The molecule has 1 aromatic carbocycles. The zero-order valence-corrected chi connectivity index (χ0v) is 11.7. The third-order valence-electron chi connectivity index (χ3n) is 3.18. The van der Waals surface area contributed by atoms with E-state index >= 15 is 0 Å². The maximum absolute atomic E-state index is 14.1. The van der Waals surface area contributed by atoms with Gasteiger partial charge in [-0.25, -0.2) is 14.1 Å². The van der Waals surface area contributed by atoms with Crippen LogP contribution in [-0.2, 0) is 0 Å². The monoisotopic (exact) mass is 286 g/mol. The zero-order chi connectivity index (χ0) is 14.8. The maximum Gasteiger partial charge on any atom is 0.150 e. The Morgan fingerprint density at radius 3 is 2.76 bits per heavy atom. The van der Waals surface area contributed by atoms with Gasteiger partial charge in [-0.15, -0.1) is 0 Å². The minimum absolute atomic E-state index is 0.0460. The number of rotatable bonds is 4. The molecule has 0 fully saturated rings. The van der Waals surface area contributed by atoms with E-state index in [1.165, 1.54) is 23.4 Å². The van der Waals surface area contributed by atoms with Crippen LogP contribution in [0.5, 0.6) is 0 Å². The number of nitrogens with zero attached hydrogens (tertiary/aromatic N) is 3. The molecule has 0 radical (unpaired) electrons. The summed E-state index contributed by atoms with van der Waals surface area (Å²) in [6, 6.07) is 8.66. The Hall–Kier alpha value is -2.63. The van der Waals surface area contributed by atoms with Gasteiger partial charge in [0.05, 0.1) is 6.04 Å². The normalized spacial score (nSPS) is 12.3. The number of aryl methyl sites for hydroxylation is 1. The number of hydrogen-bond acceptors (Lipinski definition) is 4. The molecule has 3 rings (SSSR count). The molecule has 21 heavy (non-hydrogen) atoms. The lowest BCUT2D eigenvalue weighted by atomic mass is 10.2. The second-order valence-electron chi connectivity index (χ2n) is 4.82. The number of hydrogen-bond donors (Lipinski definition) is 1. The van der Waals surface area contributed by atoms with Gasteiger partial charge in [-0.3, -0.25) is 0 Å². The van der Waals surface area contributed by atoms with Crippen molar-refractivity contribution in [1.29, 1.82) is 0 Å². The fraction of sp³-hybridized carbons (Fsp3) is 0.200. The molecular formula is C15H15FN4O. The molecule has 2 aromatic heterocycles.